The third-order valence-corrected chi connectivity index (χ3v) is 6.46. The Balaban J connectivity index is 1.41. The zero-order valence-corrected chi connectivity index (χ0v) is 19.5. The minimum absolute atomic E-state index is 0.0342. The van der Waals surface area contributed by atoms with E-state index in [-0.39, 0.29) is 16.8 Å². The Bertz CT molecular complexity index is 1170. The van der Waals surface area contributed by atoms with Crippen LogP contribution in [-0.4, -0.2) is 57.6 Å². The number of aryl methyl sites for hydroxylation is 2. The topological polar surface area (TPSA) is 58.4 Å². The summed E-state index contributed by atoms with van der Waals surface area (Å²) in [5.41, 5.74) is 4.10. The van der Waals surface area contributed by atoms with Crippen LogP contribution in [0.5, 0.6) is 0 Å². The van der Waals surface area contributed by atoms with Crippen LogP contribution in [0.3, 0.4) is 0 Å². The number of halogens is 2. The minimum atomic E-state index is -0.170. The van der Waals surface area contributed by atoms with Crippen molar-refractivity contribution < 1.29 is 9.59 Å². The van der Waals surface area contributed by atoms with Crippen LogP contribution in [0.4, 0.5) is 0 Å². The second kappa shape index (κ2) is 9.35. The van der Waals surface area contributed by atoms with Crippen molar-refractivity contribution in [2.45, 2.75) is 20.4 Å². The van der Waals surface area contributed by atoms with Crippen molar-refractivity contribution in [2.24, 2.45) is 0 Å². The quantitative estimate of drug-likeness (QED) is 0.565. The van der Waals surface area contributed by atoms with Gasteiger partial charge in [0.15, 0.2) is 0 Å². The highest BCUT2D eigenvalue weighted by molar-refractivity contribution is 6.43. The lowest BCUT2D eigenvalue weighted by Crippen LogP contribution is -2.50. The number of rotatable bonds is 4. The predicted molar refractivity (Wildman–Crippen MR) is 126 cm³/mol. The van der Waals surface area contributed by atoms with Crippen molar-refractivity contribution in [3.05, 3.63) is 86.7 Å². The molecule has 2 aromatic carbocycles. The lowest BCUT2D eigenvalue weighted by atomic mass is 10.1. The Morgan fingerprint density at radius 1 is 0.906 bits per heavy atom. The van der Waals surface area contributed by atoms with Crippen LogP contribution in [-0.2, 0) is 6.54 Å². The molecule has 0 N–H and O–H groups in total. The molecule has 4 rings (SSSR count). The van der Waals surface area contributed by atoms with Crippen molar-refractivity contribution in [2.75, 3.05) is 26.2 Å². The first-order valence-corrected chi connectivity index (χ1v) is 11.2. The molecule has 1 aliphatic heterocycles. The van der Waals surface area contributed by atoms with E-state index in [1.54, 1.807) is 28.0 Å². The van der Waals surface area contributed by atoms with Gasteiger partial charge in [0.2, 0.25) is 0 Å². The summed E-state index contributed by atoms with van der Waals surface area (Å²) in [4.78, 5) is 29.4. The Kier molecular flexibility index (Phi) is 6.53. The Morgan fingerprint density at radius 2 is 1.56 bits per heavy atom. The second-order valence-corrected chi connectivity index (χ2v) is 8.76. The largest absolute Gasteiger partial charge is 0.335 e. The number of amides is 2. The van der Waals surface area contributed by atoms with E-state index < -0.39 is 0 Å². The fourth-order valence-electron chi connectivity index (χ4n) is 3.95. The first-order valence-electron chi connectivity index (χ1n) is 10.5. The fraction of sp³-hybridized carbons (Fsp3) is 0.292. The zero-order chi connectivity index (χ0) is 22.8. The van der Waals surface area contributed by atoms with Gasteiger partial charge in [-0.15, -0.1) is 0 Å². The van der Waals surface area contributed by atoms with Gasteiger partial charge in [0.05, 0.1) is 27.8 Å². The van der Waals surface area contributed by atoms with E-state index in [0.29, 0.717) is 48.9 Å². The van der Waals surface area contributed by atoms with Crippen molar-refractivity contribution >= 4 is 35.0 Å². The van der Waals surface area contributed by atoms with E-state index in [4.69, 9.17) is 23.2 Å². The van der Waals surface area contributed by atoms with Gasteiger partial charge in [-0.1, -0.05) is 41.4 Å². The lowest BCUT2D eigenvalue weighted by molar-refractivity contribution is 0.0535. The summed E-state index contributed by atoms with van der Waals surface area (Å²) in [7, 11) is 0. The van der Waals surface area contributed by atoms with E-state index in [9.17, 15) is 9.59 Å². The average molecular weight is 471 g/mol. The highest BCUT2D eigenvalue weighted by atomic mass is 35.5. The standard InChI is InChI=1S/C24H24Cl2N4O2/c1-16-13-17(2)30(27-16)15-18-5-3-6-19(14-18)23(31)28-9-11-29(12-10-28)24(32)20-7-4-8-21(25)22(20)26/h3-8,13-14H,9-12,15H2,1-2H3. The Labute approximate surface area is 197 Å². The van der Waals surface area contributed by atoms with E-state index >= 15 is 0 Å². The number of aromatic nitrogens is 2. The third kappa shape index (κ3) is 4.66. The molecule has 0 unspecified atom stereocenters. The molecule has 1 aliphatic rings. The minimum Gasteiger partial charge on any atom is -0.335 e. The number of carbonyl (C=O) groups is 2. The summed E-state index contributed by atoms with van der Waals surface area (Å²) >= 11 is 12.2. The van der Waals surface area contributed by atoms with Crippen molar-refractivity contribution in [1.29, 1.82) is 0 Å². The number of nitrogens with zero attached hydrogens (tertiary/aromatic N) is 4. The second-order valence-electron chi connectivity index (χ2n) is 7.97. The van der Waals surface area contributed by atoms with Crippen LogP contribution in [0, 0.1) is 13.8 Å². The first-order chi connectivity index (χ1) is 15.3. The molecule has 2 heterocycles. The van der Waals surface area contributed by atoms with E-state index in [0.717, 1.165) is 17.0 Å². The molecule has 0 atom stereocenters. The van der Waals surface area contributed by atoms with Gasteiger partial charge in [-0.05, 0) is 49.7 Å². The summed E-state index contributed by atoms with van der Waals surface area (Å²) in [6.45, 7) is 6.41. The molecule has 0 bridgehead atoms. The average Bonchev–Trinajstić information content (AvgIpc) is 3.11. The van der Waals surface area contributed by atoms with E-state index in [1.165, 1.54) is 0 Å². The highest BCUT2D eigenvalue weighted by Gasteiger charge is 2.27. The molecule has 166 valence electrons. The SMILES string of the molecule is Cc1cc(C)n(Cc2cccc(C(=O)N3CCN(C(=O)c4cccc(Cl)c4Cl)CC3)c2)n1. The van der Waals surface area contributed by atoms with Gasteiger partial charge in [-0.2, -0.15) is 5.10 Å². The van der Waals surface area contributed by atoms with Crippen LogP contribution in [0.15, 0.2) is 48.5 Å². The van der Waals surface area contributed by atoms with Gasteiger partial charge in [0.25, 0.3) is 11.8 Å². The molecule has 1 aromatic heterocycles. The van der Waals surface area contributed by atoms with Gasteiger partial charge in [-0.25, -0.2) is 0 Å². The van der Waals surface area contributed by atoms with E-state index in [2.05, 4.69) is 5.10 Å². The molecule has 32 heavy (non-hydrogen) atoms. The van der Waals surface area contributed by atoms with Gasteiger partial charge in [0, 0.05) is 37.4 Å². The summed E-state index contributed by atoms with van der Waals surface area (Å²) in [5.74, 6) is -0.204. The molecule has 0 radical (unpaired) electrons. The van der Waals surface area contributed by atoms with Crippen LogP contribution in [0.1, 0.15) is 37.7 Å². The maximum atomic E-state index is 13.1. The molecule has 0 spiro atoms. The first kappa shape index (κ1) is 22.4. The molecule has 8 heteroatoms. The van der Waals surface area contributed by atoms with Crippen molar-refractivity contribution in [3.63, 3.8) is 0 Å². The van der Waals surface area contributed by atoms with E-state index in [1.807, 2.05) is 48.9 Å². The molecule has 1 fully saturated rings. The predicted octanol–water partition coefficient (Wildman–Crippen LogP) is 4.45. The van der Waals surface area contributed by atoms with Crippen LogP contribution < -0.4 is 0 Å². The summed E-state index contributed by atoms with van der Waals surface area (Å²) in [6, 6.07) is 14.7. The van der Waals surface area contributed by atoms with Gasteiger partial charge in [-0.3, -0.25) is 14.3 Å². The highest BCUT2D eigenvalue weighted by Crippen LogP contribution is 2.27. The molecular formula is C24H24Cl2N4O2. The van der Waals surface area contributed by atoms with Gasteiger partial charge in [0.1, 0.15) is 0 Å². The van der Waals surface area contributed by atoms with Gasteiger partial charge < -0.3 is 9.80 Å². The summed E-state index contributed by atoms with van der Waals surface area (Å²) < 4.78 is 1.93. The number of hydrogen-bond donors (Lipinski definition) is 0. The maximum absolute atomic E-state index is 13.1. The van der Waals surface area contributed by atoms with Crippen molar-refractivity contribution in [1.82, 2.24) is 19.6 Å². The third-order valence-electron chi connectivity index (χ3n) is 5.65. The maximum Gasteiger partial charge on any atom is 0.255 e. The Morgan fingerprint density at radius 3 is 2.22 bits per heavy atom. The lowest BCUT2D eigenvalue weighted by Gasteiger charge is -2.35. The molecular weight excluding hydrogens is 447 g/mol. The van der Waals surface area contributed by atoms with Crippen molar-refractivity contribution in [3.8, 4) is 0 Å². The van der Waals surface area contributed by atoms with Gasteiger partial charge >= 0.3 is 0 Å². The molecule has 0 aliphatic carbocycles. The summed E-state index contributed by atoms with van der Waals surface area (Å²) in [5, 5.41) is 5.11. The molecule has 1 saturated heterocycles. The number of hydrogen-bond acceptors (Lipinski definition) is 3. The molecule has 3 aromatic rings. The zero-order valence-electron chi connectivity index (χ0n) is 18.0. The number of benzene rings is 2. The Hall–Kier alpha value is -2.83. The number of carbonyl (C=O) groups excluding carboxylic acids is 2. The monoisotopic (exact) mass is 470 g/mol. The fourth-order valence-corrected chi connectivity index (χ4v) is 4.33. The van der Waals surface area contributed by atoms with Crippen LogP contribution in [0.2, 0.25) is 10.0 Å². The molecule has 6 nitrogen and oxygen atoms in total. The summed E-state index contributed by atoms with van der Waals surface area (Å²) in [6.07, 6.45) is 0. The number of piperazine rings is 1. The molecule has 2 amide bonds. The normalized spacial score (nSPS) is 14.0. The smallest absolute Gasteiger partial charge is 0.255 e. The van der Waals surface area contributed by atoms with Crippen LogP contribution in [0.25, 0.3) is 0 Å². The van der Waals surface area contributed by atoms with Crippen LogP contribution >= 0.6 is 23.2 Å². The molecule has 0 saturated carbocycles.